The maximum atomic E-state index is 12.1. The van der Waals surface area contributed by atoms with E-state index in [1.54, 1.807) is 13.0 Å². The minimum absolute atomic E-state index is 0.0585. The highest BCUT2D eigenvalue weighted by molar-refractivity contribution is 9.10. The predicted molar refractivity (Wildman–Crippen MR) is 75.8 cm³/mol. The molecule has 1 heterocycles. The van der Waals surface area contributed by atoms with Crippen LogP contribution in [0.1, 0.15) is 26.5 Å². The molecule has 7 heteroatoms. The lowest BCUT2D eigenvalue weighted by Crippen LogP contribution is -2.17. The van der Waals surface area contributed by atoms with Crippen molar-refractivity contribution in [1.82, 2.24) is 9.97 Å². The van der Waals surface area contributed by atoms with Crippen LogP contribution in [0.15, 0.2) is 34.9 Å². The first-order valence-corrected chi connectivity index (χ1v) is 6.40. The number of amides is 1. The van der Waals surface area contributed by atoms with Gasteiger partial charge in [0, 0.05) is 10.7 Å². The highest BCUT2D eigenvalue weighted by Crippen LogP contribution is 2.18. The Kier molecular flexibility index (Phi) is 4.09. The number of aryl methyl sites for hydroxylation is 1. The SMILES string of the molecule is Cc1nccc(NC(=O)c2cc(Br)ccc2C(=O)O)n1. The summed E-state index contributed by atoms with van der Waals surface area (Å²) in [5.41, 5.74) is -0.0142. The van der Waals surface area contributed by atoms with Gasteiger partial charge in [-0.1, -0.05) is 15.9 Å². The zero-order valence-corrected chi connectivity index (χ0v) is 12.0. The first kappa shape index (κ1) is 14.1. The molecule has 0 aliphatic heterocycles. The van der Waals surface area contributed by atoms with E-state index in [-0.39, 0.29) is 11.1 Å². The van der Waals surface area contributed by atoms with E-state index in [1.807, 2.05) is 0 Å². The van der Waals surface area contributed by atoms with Gasteiger partial charge in [0.05, 0.1) is 11.1 Å². The fourth-order valence-corrected chi connectivity index (χ4v) is 1.96. The van der Waals surface area contributed by atoms with E-state index in [4.69, 9.17) is 5.11 Å². The quantitative estimate of drug-likeness (QED) is 0.898. The lowest BCUT2D eigenvalue weighted by Gasteiger charge is -2.08. The number of carboxylic acid groups (broad SMARTS) is 1. The Bertz CT molecular complexity index is 688. The minimum Gasteiger partial charge on any atom is -0.478 e. The summed E-state index contributed by atoms with van der Waals surface area (Å²) in [6, 6.07) is 5.91. The molecule has 0 saturated heterocycles. The highest BCUT2D eigenvalue weighted by atomic mass is 79.9. The zero-order valence-electron chi connectivity index (χ0n) is 10.4. The Balaban J connectivity index is 2.34. The van der Waals surface area contributed by atoms with Gasteiger partial charge in [-0.25, -0.2) is 14.8 Å². The Hall–Kier alpha value is -2.28. The second kappa shape index (κ2) is 5.79. The van der Waals surface area contributed by atoms with Crippen LogP contribution >= 0.6 is 15.9 Å². The number of nitrogens with zero attached hydrogens (tertiary/aromatic N) is 2. The van der Waals surface area contributed by atoms with E-state index in [9.17, 15) is 9.59 Å². The van der Waals surface area contributed by atoms with Crippen molar-refractivity contribution in [2.24, 2.45) is 0 Å². The summed E-state index contributed by atoms with van der Waals surface area (Å²) in [5.74, 6) is -0.877. The largest absolute Gasteiger partial charge is 0.478 e. The van der Waals surface area contributed by atoms with Crippen molar-refractivity contribution in [3.63, 3.8) is 0 Å². The van der Waals surface area contributed by atoms with Gasteiger partial charge in [0.2, 0.25) is 0 Å². The van der Waals surface area contributed by atoms with Crippen molar-refractivity contribution in [3.8, 4) is 0 Å². The standard InChI is InChI=1S/C13H10BrN3O3/c1-7-15-5-4-11(16-7)17-12(18)10-6-8(14)2-3-9(10)13(19)20/h2-6H,1H3,(H,19,20)(H,15,16,17,18). The molecule has 2 N–H and O–H groups in total. The number of hydrogen-bond donors (Lipinski definition) is 2. The molecular formula is C13H10BrN3O3. The molecule has 0 fully saturated rings. The molecule has 0 spiro atoms. The number of rotatable bonds is 3. The summed E-state index contributed by atoms with van der Waals surface area (Å²) in [4.78, 5) is 31.2. The maximum absolute atomic E-state index is 12.1. The smallest absolute Gasteiger partial charge is 0.336 e. The third-order valence-corrected chi connectivity index (χ3v) is 2.97. The fourth-order valence-electron chi connectivity index (χ4n) is 1.60. The number of halogens is 1. The molecule has 2 aromatic rings. The first-order valence-electron chi connectivity index (χ1n) is 5.61. The van der Waals surface area contributed by atoms with Gasteiger partial charge in [0.1, 0.15) is 11.6 Å². The molecule has 0 saturated carbocycles. The molecule has 0 aliphatic carbocycles. The van der Waals surface area contributed by atoms with Crippen LogP contribution < -0.4 is 5.32 Å². The zero-order chi connectivity index (χ0) is 14.7. The number of aromatic carboxylic acids is 1. The van der Waals surface area contributed by atoms with Crippen molar-refractivity contribution in [2.45, 2.75) is 6.92 Å². The molecule has 6 nitrogen and oxygen atoms in total. The number of hydrogen-bond acceptors (Lipinski definition) is 4. The molecule has 2 rings (SSSR count). The molecule has 0 atom stereocenters. The summed E-state index contributed by atoms with van der Waals surface area (Å²) in [6.45, 7) is 1.69. The number of carboxylic acids is 1. The van der Waals surface area contributed by atoms with Gasteiger partial charge in [0.25, 0.3) is 5.91 Å². The van der Waals surface area contributed by atoms with Crippen LogP contribution in [0, 0.1) is 6.92 Å². The molecule has 1 aromatic carbocycles. The number of anilines is 1. The van der Waals surface area contributed by atoms with E-state index in [0.29, 0.717) is 16.1 Å². The van der Waals surface area contributed by atoms with Crippen LogP contribution in [0.4, 0.5) is 5.82 Å². The molecule has 0 radical (unpaired) electrons. The average Bonchev–Trinajstić information content (AvgIpc) is 2.38. The monoisotopic (exact) mass is 335 g/mol. The van der Waals surface area contributed by atoms with Crippen LogP contribution in [0.25, 0.3) is 0 Å². The normalized spacial score (nSPS) is 10.1. The molecule has 102 valence electrons. The van der Waals surface area contributed by atoms with Gasteiger partial charge in [0.15, 0.2) is 0 Å². The Morgan fingerprint density at radius 3 is 2.65 bits per heavy atom. The van der Waals surface area contributed by atoms with Gasteiger partial charge >= 0.3 is 5.97 Å². The van der Waals surface area contributed by atoms with E-state index < -0.39 is 11.9 Å². The Labute approximate surface area is 123 Å². The lowest BCUT2D eigenvalue weighted by molar-refractivity contribution is 0.0692. The summed E-state index contributed by atoms with van der Waals surface area (Å²) in [5, 5.41) is 11.6. The van der Waals surface area contributed by atoms with Crippen molar-refractivity contribution >= 4 is 33.6 Å². The Morgan fingerprint density at radius 2 is 2.00 bits per heavy atom. The number of carbonyl (C=O) groups excluding carboxylic acids is 1. The number of carbonyl (C=O) groups is 2. The topological polar surface area (TPSA) is 92.2 Å². The van der Waals surface area contributed by atoms with Crippen molar-refractivity contribution in [3.05, 3.63) is 51.9 Å². The molecular weight excluding hydrogens is 326 g/mol. The predicted octanol–water partition coefficient (Wildman–Crippen LogP) is 2.50. The van der Waals surface area contributed by atoms with Crippen LogP contribution in [0.5, 0.6) is 0 Å². The van der Waals surface area contributed by atoms with Crippen LogP contribution in [-0.4, -0.2) is 27.0 Å². The second-order valence-electron chi connectivity index (χ2n) is 3.94. The maximum Gasteiger partial charge on any atom is 0.336 e. The molecule has 0 aliphatic rings. The van der Waals surface area contributed by atoms with Crippen molar-refractivity contribution < 1.29 is 14.7 Å². The van der Waals surface area contributed by atoms with Crippen LogP contribution in [0.2, 0.25) is 0 Å². The summed E-state index contributed by atoms with van der Waals surface area (Å²) in [7, 11) is 0. The third-order valence-electron chi connectivity index (χ3n) is 2.47. The average molecular weight is 336 g/mol. The van der Waals surface area contributed by atoms with Gasteiger partial charge in [-0.05, 0) is 31.2 Å². The second-order valence-corrected chi connectivity index (χ2v) is 4.85. The summed E-state index contributed by atoms with van der Waals surface area (Å²) < 4.78 is 0.617. The number of benzene rings is 1. The van der Waals surface area contributed by atoms with Crippen LogP contribution in [0.3, 0.4) is 0 Å². The lowest BCUT2D eigenvalue weighted by atomic mass is 10.1. The molecule has 1 aromatic heterocycles. The van der Waals surface area contributed by atoms with E-state index in [0.717, 1.165) is 0 Å². The number of aromatic nitrogens is 2. The fraction of sp³-hybridized carbons (Fsp3) is 0.0769. The van der Waals surface area contributed by atoms with Crippen LogP contribution in [-0.2, 0) is 0 Å². The molecule has 0 bridgehead atoms. The molecule has 20 heavy (non-hydrogen) atoms. The number of nitrogens with one attached hydrogen (secondary N) is 1. The van der Waals surface area contributed by atoms with Crippen molar-refractivity contribution in [2.75, 3.05) is 5.32 Å². The van der Waals surface area contributed by atoms with E-state index in [1.165, 1.54) is 24.4 Å². The molecule has 1 amide bonds. The minimum atomic E-state index is -1.17. The first-order chi connectivity index (χ1) is 9.47. The third kappa shape index (κ3) is 3.18. The van der Waals surface area contributed by atoms with Gasteiger partial charge < -0.3 is 10.4 Å². The van der Waals surface area contributed by atoms with Gasteiger partial charge in [-0.15, -0.1) is 0 Å². The van der Waals surface area contributed by atoms with Crippen molar-refractivity contribution in [1.29, 1.82) is 0 Å². The molecule has 0 unspecified atom stereocenters. The van der Waals surface area contributed by atoms with Gasteiger partial charge in [-0.3, -0.25) is 4.79 Å². The highest BCUT2D eigenvalue weighted by Gasteiger charge is 2.17. The Morgan fingerprint density at radius 1 is 1.25 bits per heavy atom. The van der Waals surface area contributed by atoms with E-state index in [2.05, 4.69) is 31.2 Å². The van der Waals surface area contributed by atoms with Gasteiger partial charge in [-0.2, -0.15) is 0 Å². The van der Waals surface area contributed by atoms with E-state index >= 15 is 0 Å². The summed E-state index contributed by atoms with van der Waals surface area (Å²) in [6.07, 6.45) is 1.51. The summed E-state index contributed by atoms with van der Waals surface area (Å²) >= 11 is 3.21.